The largest absolute Gasteiger partial charge is 0.338 e. The molecule has 0 aliphatic rings. The molecule has 0 amide bonds. The number of halogens is 2. The second-order valence-electron chi connectivity index (χ2n) is 3.67. The maximum absolute atomic E-state index is 5.83. The number of alkyl halides is 1. The third kappa shape index (κ3) is 2.45. The highest BCUT2D eigenvalue weighted by molar-refractivity contribution is 6.30. The summed E-state index contributed by atoms with van der Waals surface area (Å²) >= 11 is 11.4. The molecule has 1 aromatic carbocycles. The van der Waals surface area contributed by atoms with E-state index in [1.54, 1.807) is 23.0 Å². The van der Waals surface area contributed by atoms with Crippen molar-refractivity contribution < 1.29 is 4.52 Å². The fourth-order valence-corrected chi connectivity index (χ4v) is 1.73. The number of hydrogen-bond donors (Lipinski definition) is 0. The van der Waals surface area contributed by atoms with Crippen molar-refractivity contribution in [2.75, 3.05) is 0 Å². The zero-order valence-corrected chi connectivity index (χ0v) is 11.0. The number of benzene rings is 1. The van der Waals surface area contributed by atoms with Crippen LogP contribution in [0.5, 0.6) is 0 Å². The van der Waals surface area contributed by atoms with Crippen molar-refractivity contribution in [3.63, 3.8) is 0 Å². The van der Waals surface area contributed by atoms with Gasteiger partial charge in [-0.15, -0.1) is 16.7 Å². The zero-order valence-electron chi connectivity index (χ0n) is 9.49. The standard InChI is InChI=1S/C11H7Cl2N5O/c12-5-10-14-11(16-19-10)9-6-18(17-15-9)8-3-1-7(13)2-4-8/h1-4,6H,5H2. The van der Waals surface area contributed by atoms with Crippen molar-refractivity contribution >= 4 is 23.2 Å². The SMILES string of the molecule is ClCc1nc(-c2cn(-c3ccc(Cl)cc3)nn2)no1. The monoisotopic (exact) mass is 295 g/mol. The Morgan fingerprint density at radius 2 is 2.00 bits per heavy atom. The molecule has 0 saturated carbocycles. The van der Waals surface area contributed by atoms with E-state index < -0.39 is 0 Å². The molecule has 0 aliphatic carbocycles. The fraction of sp³-hybridized carbons (Fsp3) is 0.0909. The van der Waals surface area contributed by atoms with Crippen LogP contribution in [0.2, 0.25) is 5.02 Å². The predicted octanol–water partition coefficient (Wildman–Crippen LogP) is 2.71. The molecule has 96 valence electrons. The molecule has 2 heterocycles. The second kappa shape index (κ2) is 4.99. The van der Waals surface area contributed by atoms with Gasteiger partial charge in [0.2, 0.25) is 11.7 Å². The van der Waals surface area contributed by atoms with Crippen molar-refractivity contribution in [2.24, 2.45) is 0 Å². The molecule has 0 saturated heterocycles. The quantitative estimate of drug-likeness (QED) is 0.695. The van der Waals surface area contributed by atoms with Crippen LogP contribution in [0.15, 0.2) is 35.0 Å². The molecule has 0 atom stereocenters. The Morgan fingerprint density at radius 1 is 1.21 bits per heavy atom. The summed E-state index contributed by atoms with van der Waals surface area (Å²) in [6.07, 6.45) is 1.70. The minimum absolute atomic E-state index is 0.165. The maximum Gasteiger partial charge on any atom is 0.241 e. The number of nitrogens with zero attached hydrogens (tertiary/aromatic N) is 5. The van der Waals surface area contributed by atoms with Crippen LogP contribution in [0, 0.1) is 0 Å². The van der Waals surface area contributed by atoms with Gasteiger partial charge in [-0.05, 0) is 24.3 Å². The van der Waals surface area contributed by atoms with Gasteiger partial charge in [0.25, 0.3) is 0 Å². The molecule has 3 rings (SSSR count). The van der Waals surface area contributed by atoms with Gasteiger partial charge in [0.1, 0.15) is 5.88 Å². The lowest BCUT2D eigenvalue weighted by Crippen LogP contribution is -1.93. The van der Waals surface area contributed by atoms with E-state index in [4.69, 9.17) is 27.7 Å². The molecule has 0 aliphatic heterocycles. The molecule has 0 spiro atoms. The predicted molar refractivity (Wildman–Crippen MR) is 69.2 cm³/mol. The molecule has 0 N–H and O–H groups in total. The van der Waals surface area contributed by atoms with Crippen LogP contribution in [-0.4, -0.2) is 25.1 Å². The normalized spacial score (nSPS) is 10.8. The Morgan fingerprint density at radius 3 is 2.68 bits per heavy atom. The Kier molecular flexibility index (Phi) is 3.18. The van der Waals surface area contributed by atoms with Gasteiger partial charge < -0.3 is 4.52 Å². The molecular weight excluding hydrogens is 289 g/mol. The minimum atomic E-state index is 0.165. The van der Waals surface area contributed by atoms with Crippen molar-refractivity contribution in [1.82, 2.24) is 25.1 Å². The highest BCUT2D eigenvalue weighted by Gasteiger charge is 2.12. The first kappa shape index (κ1) is 12.1. The Bertz CT molecular complexity index is 691. The number of aromatic nitrogens is 5. The average Bonchev–Trinajstić information content (AvgIpc) is 3.08. The van der Waals surface area contributed by atoms with Gasteiger partial charge >= 0.3 is 0 Å². The minimum Gasteiger partial charge on any atom is -0.338 e. The lowest BCUT2D eigenvalue weighted by atomic mass is 10.3. The van der Waals surface area contributed by atoms with E-state index in [9.17, 15) is 0 Å². The van der Waals surface area contributed by atoms with E-state index in [0.29, 0.717) is 22.4 Å². The summed E-state index contributed by atoms with van der Waals surface area (Å²) in [6, 6.07) is 7.22. The lowest BCUT2D eigenvalue weighted by molar-refractivity contribution is 0.391. The third-order valence-electron chi connectivity index (χ3n) is 2.40. The van der Waals surface area contributed by atoms with E-state index >= 15 is 0 Å². The van der Waals surface area contributed by atoms with E-state index in [2.05, 4.69) is 20.5 Å². The first-order chi connectivity index (χ1) is 9.26. The van der Waals surface area contributed by atoms with Crippen LogP contribution >= 0.6 is 23.2 Å². The topological polar surface area (TPSA) is 69.6 Å². The zero-order chi connectivity index (χ0) is 13.2. The summed E-state index contributed by atoms with van der Waals surface area (Å²) < 4.78 is 6.51. The molecule has 0 fully saturated rings. The Balaban J connectivity index is 1.92. The first-order valence-electron chi connectivity index (χ1n) is 5.33. The second-order valence-corrected chi connectivity index (χ2v) is 4.37. The van der Waals surface area contributed by atoms with Gasteiger partial charge in [0.05, 0.1) is 11.9 Å². The maximum atomic E-state index is 5.83. The summed E-state index contributed by atoms with van der Waals surface area (Å²) in [4.78, 5) is 4.07. The third-order valence-corrected chi connectivity index (χ3v) is 2.88. The Labute approximate surface area is 117 Å². The van der Waals surface area contributed by atoms with Crippen molar-refractivity contribution in [2.45, 2.75) is 5.88 Å². The van der Waals surface area contributed by atoms with Crippen LogP contribution < -0.4 is 0 Å². The smallest absolute Gasteiger partial charge is 0.241 e. The van der Waals surface area contributed by atoms with Gasteiger partial charge in [-0.1, -0.05) is 22.0 Å². The van der Waals surface area contributed by atoms with Crippen molar-refractivity contribution in [3.05, 3.63) is 41.4 Å². The van der Waals surface area contributed by atoms with Gasteiger partial charge in [-0.2, -0.15) is 4.98 Å². The van der Waals surface area contributed by atoms with Crippen LogP contribution in [0.1, 0.15) is 5.89 Å². The summed E-state index contributed by atoms with van der Waals surface area (Å²) in [5.41, 5.74) is 1.35. The van der Waals surface area contributed by atoms with Crippen LogP contribution in [-0.2, 0) is 5.88 Å². The van der Waals surface area contributed by atoms with Gasteiger partial charge in [-0.25, -0.2) is 4.68 Å². The molecule has 3 aromatic rings. The number of rotatable bonds is 3. The first-order valence-corrected chi connectivity index (χ1v) is 6.25. The van der Waals surface area contributed by atoms with Gasteiger partial charge in [-0.3, -0.25) is 0 Å². The van der Waals surface area contributed by atoms with Crippen LogP contribution in [0.25, 0.3) is 17.2 Å². The summed E-state index contributed by atoms with van der Waals surface area (Å²) in [5.74, 6) is 0.867. The highest BCUT2D eigenvalue weighted by Crippen LogP contribution is 2.16. The molecule has 6 nitrogen and oxygen atoms in total. The van der Waals surface area contributed by atoms with Crippen molar-refractivity contribution in [1.29, 1.82) is 0 Å². The van der Waals surface area contributed by atoms with Gasteiger partial charge in [0, 0.05) is 5.02 Å². The molecule has 0 radical (unpaired) electrons. The highest BCUT2D eigenvalue weighted by atomic mass is 35.5. The average molecular weight is 296 g/mol. The van der Waals surface area contributed by atoms with Crippen molar-refractivity contribution in [3.8, 4) is 17.2 Å². The lowest BCUT2D eigenvalue weighted by Gasteiger charge is -1.98. The summed E-state index contributed by atoms with van der Waals surface area (Å²) in [7, 11) is 0. The summed E-state index contributed by atoms with van der Waals surface area (Å²) in [5, 5.41) is 12.4. The molecule has 19 heavy (non-hydrogen) atoms. The molecular formula is C11H7Cl2N5O. The number of hydrogen-bond acceptors (Lipinski definition) is 5. The molecule has 0 unspecified atom stereocenters. The summed E-state index contributed by atoms with van der Waals surface area (Å²) in [6.45, 7) is 0. The van der Waals surface area contributed by atoms with Crippen LogP contribution in [0.3, 0.4) is 0 Å². The molecule has 0 bridgehead atoms. The van der Waals surface area contributed by atoms with E-state index in [0.717, 1.165) is 5.69 Å². The fourth-order valence-electron chi connectivity index (χ4n) is 1.50. The van der Waals surface area contributed by atoms with E-state index in [1.165, 1.54) is 0 Å². The van der Waals surface area contributed by atoms with E-state index in [1.807, 2.05) is 12.1 Å². The van der Waals surface area contributed by atoms with E-state index in [-0.39, 0.29) is 5.88 Å². The molecule has 2 aromatic heterocycles. The van der Waals surface area contributed by atoms with Crippen LogP contribution in [0.4, 0.5) is 0 Å². The van der Waals surface area contributed by atoms with Gasteiger partial charge in [0.15, 0.2) is 5.69 Å². The molecule has 8 heteroatoms. The Hall–Kier alpha value is -1.92.